The van der Waals surface area contributed by atoms with Crippen LogP contribution in [0.5, 0.6) is 0 Å². The molecule has 126 valence electrons. The first-order chi connectivity index (χ1) is 10.2. The summed E-state index contributed by atoms with van der Waals surface area (Å²) in [6.45, 7) is 7.48. The minimum atomic E-state index is -0.514. The van der Waals surface area contributed by atoms with E-state index < -0.39 is 17.7 Å². The molecule has 22 heavy (non-hydrogen) atoms. The number of alkyl carbamates (subject to hydrolysis) is 1. The fourth-order valence-electron chi connectivity index (χ4n) is 2.14. The number of imide groups is 1. The summed E-state index contributed by atoms with van der Waals surface area (Å²) in [5.74, 6) is -0.317. The quantitative estimate of drug-likeness (QED) is 0.699. The van der Waals surface area contributed by atoms with Crippen LogP contribution in [0.2, 0.25) is 0 Å². The lowest BCUT2D eigenvalue weighted by atomic mass is 10.2. The molecule has 0 aromatic heterocycles. The van der Waals surface area contributed by atoms with Gasteiger partial charge in [0.1, 0.15) is 5.60 Å². The van der Waals surface area contributed by atoms with Gasteiger partial charge in [0.25, 0.3) is 0 Å². The molecule has 8 heteroatoms. The first-order valence-electron chi connectivity index (χ1n) is 7.43. The number of urea groups is 1. The molecular weight excluding hydrogens is 288 g/mol. The van der Waals surface area contributed by atoms with Crippen molar-refractivity contribution in [2.45, 2.75) is 45.3 Å². The van der Waals surface area contributed by atoms with E-state index in [1.54, 1.807) is 0 Å². The van der Waals surface area contributed by atoms with Crippen LogP contribution in [0, 0.1) is 0 Å². The summed E-state index contributed by atoms with van der Waals surface area (Å²) in [4.78, 5) is 36.2. The maximum atomic E-state index is 11.7. The van der Waals surface area contributed by atoms with Crippen molar-refractivity contribution >= 4 is 18.0 Å². The van der Waals surface area contributed by atoms with Crippen molar-refractivity contribution in [1.82, 2.24) is 20.9 Å². The van der Waals surface area contributed by atoms with Gasteiger partial charge in [-0.05, 0) is 27.2 Å². The molecule has 1 aliphatic heterocycles. The van der Waals surface area contributed by atoms with E-state index in [1.165, 1.54) is 7.05 Å². The average molecular weight is 314 g/mol. The Balaban J connectivity index is 2.24. The van der Waals surface area contributed by atoms with Crippen LogP contribution in [0.25, 0.3) is 0 Å². The highest BCUT2D eigenvalue weighted by atomic mass is 16.6. The van der Waals surface area contributed by atoms with Crippen molar-refractivity contribution < 1.29 is 19.1 Å². The van der Waals surface area contributed by atoms with Crippen LogP contribution in [-0.4, -0.2) is 61.3 Å². The second-order valence-electron chi connectivity index (χ2n) is 6.31. The first-order valence-corrected chi connectivity index (χ1v) is 7.43. The Kier molecular flexibility index (Phi) is 6.61. The van der Waals surface area contributed by atoms with Gasteiger partial charge in [-0.25, -0.2) is 9.59 Å². The third kappa shape index (κ3) is 7.26. The second kappa shape index (κ2) is 7.98. The van der Waals surface area contributed by atoms with Crippen LogP contribution < -0.4 is 16.0 Å². The van der Waals surface area contributed by atoms with Crippen LogP contribution in [0.4, 0.5) is 9.59 Å². The molecular formula is C14H26N4O4. The van der Waals surface area contributed by atoms with E-state index in [2.05, 4.69) is 20.9 Å². The van der Waals surface area contributed by atoms with E-state index in [4.69, 9.17) is 4.74 Å². The topological polar surface area (TPSA) is 99.8 Å². The summed E-state index contributed by atoms with van der Waals surface area (Å²) in [6.07, 6.45) is 0.639. The molecule has 0 bridgehead atoms. The monoisotopic (exact) mass is 314 g/mol. The van der Waals surface area contributed by atoms with Crippen molar-refractivity contribution in [2.75, 3.05) is 26.7 Å². The van der Waals surface area contributed by atoms with E-state index in [1.807, 2.05) is 20.8 Å². The number of hydrogen-bond acceptors (Lipinski definition) is 5. The number of nitrogens with one attached hydrogen (secondary N) is 3. The number of ether oxygens (including phenoxy) is 1. The summed E-state index contributed by atoms with van der Waals surface area (Å²) in [5, 5.41) is 7.37. The van der Waals surface area contributed by atoms with Gasteiger partial charge in [-0.3, -0.25) is 10.1 Å². The Labute approximate surface area is 130 Å². The fourth-order valence-corrected chi connectivity index (χ4v) is 2.14. The van der Waals surface area contributed by atoms with Gasteiger partial charge in [0.15, 0.2) is 0 Å². The molecule has 1 fully saturated rings. The van der Waals surface area contributed by atoms with Crippen molar-refractivity contribution in [3.63, 3.8) is 0 Å². The van der Waals surface area contributed by atoms with Gasteiger partial charge in [-0.15, -0.1) is 0 Å². The zero-order valence-electron chi connectivity index (χ0n) is 13.7. The standard InChI is InChI=1S/C14H26N4O4/c1-14(2,3)22-13(21)16-10-5-7-18(9-10)8-6-11(19)17-12(20)15-4/h10H,5-9H2,1-4H3,(H,16,21)(H2,15,17,19,20)/t10-/m0/s1. The Morgan fingerprint density at radius 1 is 1.27 bits per heavy atom. The normalized spacial score (nSPS) is 18.6. The van der Waals surface area contributed by atoms with E-state index in [0.717, 1.165) is 13.0 Å². The van der Waals surface area contributed by atoms with Gasteiger partial charge in [0, 0.05) is 39.1 Å². The highest BCUT2D eigenvalue weighted by molar-refractivity contribution is 5.94. The predicted octanol–water partition coefficient (Wildman–Crippen LogP) is 0.431. The van der Waals surface area contributed by atoms with Gasteiger partial charge in [0.2, 0.25) is 5.91 Å². The Morgan fingerprint density at radius 3 is 2.55 bits per heavy atom. The summed E-state index contributed by atoms with van der Waals surface area (Å²) < 4.78 is 5.21. The minimum absolute atomic E-state index is 0.0249. The third-order valence-electron chi connectivity index (χ3n) is 3.13. The van der Waals surface area contributed by atoms with Gasteiger partial charge in [0.05, 0.1) is 0 Å². The molecule has 1 rings (SSSR count). The lowest BCUT2D eigenvalue weighted by Gasteiger charge is -2.22. The molecule has 0 unspecified atom stereocenters. The average Bonchev–Trinajstić information content (AvgIpc) is 2.81. The Morgan fingerprint density at radius 2 is 1.95 bits per heavy atom. The van der Waals surface area contributed by atoms with Crippen LogP contribution in [-0.2, 0) is 9.53 Å². The molecule has 0 aromatic rings. The van der Waals surface area contributed by atoms with Crippen LogP contribution in [0.3, 0.4) is 0 Å². The lowest BCUT2D eigenvalue weighted by Crippen LogP contribution is -2.41. The number of amides is 4. The van der Waals surface area contributed by atoms with E-state index in [9.17, 15) is 14.4 Å². The molecule has 0 saturated carbocycles. The van der Waals surface area contributed by atoms with Crippen molar-refractivity contribution in [3.05, 3.63) is 0 Å². The number of carbonyl (C=O) groups is 3. The number of carbonyl (C=O) groups excluding carboxylic acids is 3. The number of nitrogens with zero attached hydrogens (tertiary/aromatic N) is 1. The summed E-state index contributed by atoms with van der Waals surface area (Å²) in [7, 11) is 1.45. The number of rotatable bonds is 4. The third-order valence-corrected chi connectivity index (χ3v) is 3.13. The van der Waals surface area contributed by atoms with E-state index in [-0.39, 0.29) is 18.4 Å². The second-order valence-corrected chi connectivity index (χ2v) is 6.31. The molecule has 0 aromatic carbocycles. The molecule has 1 heterocycles. The molecule has 8 nitrogen and oxygen atoms in total. The molecule has 0 spiro atoms. The maximum Gasteiger partial charge on any atom is 0.407 e. The molecule has 0 radical (unpaired) electrons. The zero-order valence-corrected chi connectivity index (χ0v) is 13.7. The maximum absolute atomic E-state index is 11.7. The van der Waals surface area contributed by atoms with Crippen LogP contribution >= 0.6 is 0 Å². The van der Waals surface area contributed by atoms with E-state index in [0.29, 0.717) is 13.1 Å². The molecule has 4 amide bonds. The van der Waals surface area contributed by atoms with Crippen LogP contribution in [0.1, 0.15) is 33.6 Å². The lowest BCUT2D eigenvalue weighted by molar-refractivity contribution is -0.120. The molecule has 1 atom stereocenters. The van der Waals surface area contributed by atoms with Crippen molar-refractivity contribution in [3.8, 4) is 0 Å². The fraction of sp³-hybridized carbons (Fsp3) is 0.786. The van der Waals surface area contributed by atoms with Gasteiger partial charge in [-0.2, -0.15) is 0 Å². The largest absolute Gasteiger partial charge is 0.444 e. The minimum Gasteiger partial charge on any atom is -0.444 e. The first kappa shape index (κ1) is 18.2. The summed E-state index contributed by atoms with van der Waals surface area (Å²) in [5.41, 5.74) is -0.514. The van der Waals surface area contributed by atoms with Gasteiger partial charge in [-0.1, -0.05) is 0 Å². The van der Waals surface area contributed by atoms with Gasteiger partial charge < -0.3 is 20.3 Å². The molecule has 0 aliphatic carbocycles. The molecule has 3 N–H and O–H groups in total. The summed E-state index contributed by atoms with van der Waals surface area (Å²) in [6, 6.07) is -0.479. The van der Waals surface area contributed by atoms with Crippen molar-refractivity contribution in [2.24, 2.45) is 0 Å². The number of hydrogen-bond donors (Lipinski definition) is 3. The predicted molar refractivity (Wildman–Crippen MR) is 81.4 cm³/mol. The van der Waals surface area contributed by atoms with Crippen LogP contribution in [0.15, 0.2) is 0 Å². The smallest absolute Gasteiger partial charge is 0.407 e. The van der Waals surface area contributed by atoms with E-state index >= 15 is 0 Å². The zero-order chi connectivity index (χ0) is 16.8. The Hall–Kier alpha value is -1.83. The molecule has 1 saturated heterocycles. The summed E-state index contributed by atoms with van der Waals surface area (Å²) >= 11 is 0. The highest BCUT2D eigenvalue weighted by Crippen LogP contribution is 2.11. The molecule has 1 aliphatic rings. The Bertz CT molecular complexity index is 420. The number of likely N-dealkylation sites (tertiary alicyclic amines) is 1. The highest BCUT2D eigenvalue weighted by Gasteiger charge is 2.26. The SMILES string of the molecule is CNC(=O)NC(=O)CCN1CC[C@H](NC(=O)OC(C)(C)C)C1. The van der Waals surface area contributed by atoms with Gasteiger partial charge >= 0.3 is 12.1 Å². The van der Waals surface area contributed by atoms with Crippen molar-refractivity contribution in [1.29, 1.82) is 0 Å².